The van der Waals surface area contributed by atoms with Gasteiger partial charge in [0.25, 0.3) is 0 Å². The third kappa shape index (κ3) is 6.07. The topological polar surface area (TPSA) is 44.8 Å². The Hall–Kier alpha value is -2.37. The lowest BCUT2D eigenvalue weighted by atomic mass is 10.1. The average Bonchev–Trinajstić information content (AvgIpc) is 3.23. The summed E-state index contributed by atoms with van der Waals surface area (Å²) in [4.78, 5) is 17.3. The van der Waals surface area contributed by atoms with Crippen LogP contribution in [0.5, 0.6) is 5.75 Å². The number of carbonyl (C=O) groups is 1. The molecule has 0 atom stereocenters. The van der Waals surface area contributed by atoms with Crippen molar-refractivity contribution >= 4 is 5.91 Å². The van der Waals surface area contributed by atoms with Crippen LogP contribution in [0.2, 0.25) is 0 Å². The molecule has 1 fully saturated rings. The number of nitrogens with one attached hydrogen (secondary N) is 1. The fraction of sp³-hybridized carbons (Fsp3) is 0.480. The highest BCUT2D eigenvalue weighted by Gasteiger charge is 2.16. The lowest BCUT2D eigenvalue weighted by Gasteiger charge is -2.34. The number of amides is 1. The van der Waals surface area contributed by atoms with Crippen LogP contribution in [-0.2, 0) is 24.2 Å². The van der Waals surface area contributed by atoms with Crippen molar-refractivity contribution < 1.29 is 9.53 Å². The molecular formula is C25H33N3O2. The monoisotopic (exact) mass is 407 g/mol. The summed E-state index contributed by atoms with van der Waals surface area (Å²) >= 11 is 0. The van der Waals surface area contributed by atoms with Gasteiger partial charge in [0.15, 0.2) is 0 Å². The SMILES string of the molecule is O=C(Cc1ccc2c(c1)CCO2)NCCCCN1CCN(Cc2ccccc2)CC1. The van der Waals surface area contributed by atoms with E-state index >= 15 is 0 Å². The molecular weight excluding hydrogens is 374 g/mol. The summed E-state index contributed by atoms with van der Waals surface area (Å²) in [6.45, 7) is 8.25. The van der Waals surface area contributed by atoms with Gasteiger partial charge in [-0.3, -0.25) is 9.69 Å². The lowest BCUT2D eigenvalue weighted by Crippen LogP contribution is -2.46. The van der Waals surface area contributed by atoms with E-state index in [2.05, 4.69) is 51.5 Å². The van der Waals surface area contributed by atoms with Crippen LogP contribution in [0.15, 0.2) is 48.5 Å². The smallest absolute Gasteiger partial charge is 0.224 e. The van der Waals surface area contributed by atoms with E-state index in [1.54, 1.807) is 0 Å². The van der Waals surface area contributed by atoms with Crippen LogP contribution in [-0.4, -0.2) is 61.6 Å². The van der Waals surface area contributed by atoms with Crippen molar-refractivity contribution in [2.24, 2.45) is 0 Å². The zero-order chi connectivity index (χ0) is 20.6. The van der Waals surface area contributed by atoms with Crippen molar-refractivity contribution in [2.45, 2.75) is 32.2 Å². The van der Waals surface area contributed by atoms with Crippen LogP contribution >= 0.6 is 0 Å². The summed E-state index contributed by atoms with van der Waals surface area (Å²) in [5, 5.41) is 3.07. The van der Waals surface area contributed by atoms with Crippen LogP contribution in [0.1, 0.15) is 29.5 Å². The molecule has 1 N–H and O–H groups in total. The van der Waals surface area contributed by atoms with Gasteiger partial charge in [-0.15, -0.1) is 0 Å². The second-order valence-corrected chi connectivity index (χ2v) is 8.38. The third-order valence-corrected chi connectivity index (χ3v) is 6.06. The van der Waals surface area contributed by atoms with Crippen molar-refractivity contribution in [3.05, 3.63) is 65.2 Å². The summed E-state index contributed by atoms with van der Waals surface area (Å²) in [5.74, 6) is 1.09. The number of benzene rings is 2. The van der Waals surface area contributed by atoms with E-state index in [-0.39, 0.29) is 5.91 Å². The van der Waals surface area contributed by atoms with Gasteiger partial charge >= 0.3 is 0 Å². The van der Waals surface area contributed by atoms with E-state index < -0.39 is 0 Å². The first-order chi connectivity index (χ1) is 14.8. The summed E-state index contributed by atoms with van der Waals surface area (Å²) in [7, 11) is 0. The van der Waals surface area contributed by atoms with Crippen LogP contribution in [0.25, 0.3) is 0 Å². The first-order valence-corrected chi connectivity index (χ1v) is 11.3. The number of carbonyl (C=O) groups excluding carboxylic acids is 1. The number of unbranched alkanes of at least 4 members (excludes halogenated alkanes) is 1. The number of piperazine rings is 1. The molecule has 0 spiro atoms. The Balaban J connectivity index is 1.06. The molecule has 2 aliphatic rings. The second kappa shape index (κ2) is 10.6. The number of fused-ring (bicyclic) bond motifs is 1. The number of ether oxygens (including phenoxy) is 1. The summed E-state index contributed by atoms with van der Waals surface area (Å²) in [6.07, 6.45) is 3.57. The number of hydrogen-bond donors (Lipinski definition) is 1. The third-order valence-electron chi connectivity index (χ3n) is 6.06. The Kier molecular flexibility index (Phi) is 7.38. The van der Waals surface area contributed by atoms with E-state index in [1.165, 1.54) is 11.1 Å². The maximum atomic E-state index is 12.2. The van der Waals surface area contributed by atoms with Gasteiger partial charge in [0.1, 0.15) is 5.75 Å². The predicted molar refractivity (Wildman–Crippen MR) is 120 cm³/mol. The summed E-state index contributed by atoms with van der Waals surface area (Å²) < 4.78 is 5.53. The average molecular weight is 408 g/mol. The number of rotatable bonds is 9. The van der Waals surface area contributed by atoms with Gasteiger partial charge in [-0.1, -0.05) is 42.5 Å². The van der Waals surface area contributed by atoms with Gasteiger partial charge in [0, 0.05) is 45.7 Å². The van der Waals surface area contributed by atoms with Gasteiger partial charge in [-0.2, -0.15) is 0 Å². The molecule has 2 aromatic rings. The fourth-order valence-corrected chi connectivity index (χ4v) is 4.30. The van der Waals surface area contributed by atoms with Crippen LogP contribution in [0, 0.1) is 0 Å². The quantitative estimate of drug-likeness (QED) is 0.650. The maximum absolute atomic E-state index is 12.2. The largest absolute Gasteiger partial charge is 0.493 e. The minimum Gasteiger partial charge on any atom is -0.493 e. The molecule has 0 radical (unpaired) electrons. The zero-order valence-electron chi connectivity index (χ0n) is 17.8. The van der Waals surface area contributed by atoms with Crippen molar-refractivity contribution in [1.29, 1.82) is 0 Å². The first kappa shape index (κ1) is 20.9. The summed E-state index contributed by atoms with van der Waals surface area (Å²) in [6, 6.07) is 16.8. The lowest BCUT2D eigenvalue weighted by molar-refractivity contribution is -0.120. The Morgan fingerprint density at radius 3 is 2.57 bits per heavy atom. The van der Waals surface area contributed by atoms with Gasteiger partial charge in [0.2, 0.25) is 5.91 Å². The van der Waals surface area contributed by atoms with Crippen molar-refractivity contribution in [1.82, 2.24) is 15.1 Å². The Morgan fingerprint density at radius 1 is 0.933 bits per heavy atom. The standard InChI is InChI=1S/C25H33N3O2/c29-25(19-22-8-9-24-23(18-22)10-17-30-24)26-11-4-5-12-27-13-15-28(16-14-27)20-21-6-2-1-3-7-21/h1-3,6-9,18H,4-5,10-17,19-20H2,(H,26,29). The molecule has 5 nitrogen and oxygen atoms in total. The van der Waals surface area contributed by atoms with Gasteiger partial charge in [-0.05, 0) is 42.1 Å². The number of nitrogens with zero attached hydrogens (tertiary/aromatic N) is 2. The molecule has 1 amide bonds. The molecule has 2 aromatic carbocycles. The highest BCUT2D eigenvalue weighted by Crippen LogP contribution is 2.25. The molecule has 0 aliphatic carbocycles. The van der Waals surface area contributed by atoms with Crippen molar-refractivity contribution in [2.75, 3.05) is 45.9 Å². The molecule has 4 rings (SSSR count). The van der Waals surface area contributed by atoms with Crippen LogP contribution < -0.4 is 10.1 Å². The predicted octanol–water partition coefficient (Wildman–Crippen LogP) is 2.88. The zero-order valence-corrected chi connectivity index (χ0v) is 17.8. The molecule has 30 heavy (non-hydrogen) atoms. The molecule has 0 unspecified atom stereocenters. The number of hydrogen-bond acceptors (Lipinski definition) is 4. The fourth-order valence-electron chi connectivity index (χ4n) is 4.30. The Labute approximate surface area is 180 Å². The van der Waals surface area contributed by atoms with Crippen LogP contribution in [0.3, 0.4) is 0 Å². The normalized spacial score (nSPS) is 16.8. The highest BCUT2D eigenvalue weighted by atomic mass is 16.5. The molecule has 0 bridgehead atoms. The van der Waals surface area contributed by atoms with Crippen molar-refractivity contribution in [3.8, 4) is 5.75 Å². The van der Waals surface area contributed by atoms with Gasteiger partial charge in [0.05, 0.1) is 13.0 Å². The van der Waals surface area contributed by atoms with E-state index in [0.29, 0.717) is 6.42 Å². The molecule has 2 heterocycles. The molecule has 0 saturated carbocycles. The van der Waals surface area contributed by atoms with Gasteiger partial charge < -0.3 is 15.0 Å². The van der Waals surface area contributed by atoms with E-state index in [4.69, 9.17) is 4.74 Å². The second-order valence-electron chi connectivity index (χ2n) is 8.38. The van der Waals surface area contributed by atoms with Crippen molar-refractivity contribution in [3.63, 3.8) is 0 Å². The Bertz CT molecular complexity index is 816. The van der Waals surface area contributed by atoms with E-state index in [0.717, 1.165) is 83.0 Å². The minimum absolute atomic E-state index is 0.114. The molecule has 1 saturated heterocycles. The Morgan fingerprint density at radius 2 is 1.73 bits per heavy atom. The first-order valence-electron chi connectivity index (χ1n) is 11.3. The minimum atomic E-state index is 0.114. The molecule has 160 valence electrons. The van der Waals surface area contributed by atoms with Gasteiger partial charge in [-0.25, -0.2) is 0 Å². The summed E-state index contributed by atoms with van der Waals surface area (Å²) in [5.41, 5.74) is 3.70. The molecule has 2 aliphatic heterocycles. The molecule has 0 aromatic heterocycles. The highest BCUT2D eigenvalue weighted by molar-refractivity contribution is 5.78. The maximum Gasteiger partial charge on any atom is 0.224 e. The van der Waals surface area contributed by atoms with E-state index in [1.807, 2.05) is 12.1 Å². The van der Waals surface area contributed by atoms with E-state index in [9.17, 15) is 4.79 Å². The molecule has 5 heteroatoms. The van der Waals surface area contributed by atoms with Crippen LogP contribution in [0.4, 0.5) is 0 Å².